The lowest BCUT2D eigenvalue weighted by molar-refractivity contribution is 0.288. The van der Waals surface area contributed by atoms with Crippen LogP contribution in [0.5, 0.6) is 0 Å². The highest BCUT2D eigenvalue weighted by atomic mass is 32.2. The van der Waals surface area contributed by atoms with Crippen molar-refractivity contribution in [2.24, 2.45) is 5.73 Å². The Hall–Kier alpha value is 0.270. The maximum Gasteiger partial charge on any atom is 0.0441 e. The zero-order valence-corrected chi connectivity index (χ0v) is 9.93. The predicted molar refractivity (Wildman–Crippen MR) is 63.6 cm³/mol. The molecule has 0 aliphatic heterocycles. The molecule has 0 amide bonds. The fourth-order valence-corrected chi connectivity index (χ4v) is 3.50. The zero-order chi connectivity index (χ0) is 10.4. The minimum atomic E-state index is 0.302. The fraction of sp³-hybridized carbons (Fsp3) is 1.00. The molecule has 1 aliphatic carbocycles. The number of rotatable bonds is 4. The monoisotopic (exact) mass is 217 g/mol. The summed E-state index contributed by atoms with van der Waals surface area (Å²) in [4.78, 5) is 0. The molecule has 14 heavy (non-hydrogen) atoms. The SMILES string of the molecule is CC(CCO)SC1CCCCCC1N. The molecule has 0 saturated heterocycles. The van der Waals surface area contributed by atoms with Crippen molar-refractivity contribution in [2.75, 3.05) is 6.61 Å². The summed E-state index contributed by atoms with van der Waals surface area (Å²) < 4.78 is 0. The lowest BCUT2D eigenvalue weighted by atomic mass is 10.1. The summed E-state index contributed by atoms with van der Waals surface area (Å²) in [5.74, 6) is 0. The van der Waals surface area contributed by atoms with E-state index in [2.05, 4.69) is 6.92 Å². The topological polar surface area (TPSA) is 46.2 Å². The third-order valence-corrected chi connectivity index (χ3v) is 4.58. The highest BCUT2D eigenvalue weighted by Crippen LogP contribution is 2.30. The van der Waals surface area contributed by atoms with Crippen LogP contribution in [0.25, 0.3) is 0 Å². The highest BCUT2D eigenvalue weighted by Gasteiger charge is 2.22. The van der Waals surface area contributed by atoms with Gasteiger partial charge in [0, 0.05) is 23.1 Å². The van der Waals surface area contributed by atoms with Crippen molar-refractivity contribution in [3.63, 3.8) is 0 Å². The van der Waals surface area contributed by atoms with Gasteiger partial charge >= 0.3 is 0 Å². The smallest absolute Gasteiger partial charge is 0.0441 e. The van der Waals surface area contributed by atoms with Crippen LogP contribution in [0.1, 0.15) is 45.4 Å². The molecule has 0 aromatic rings. The van der Waals surface area contributed by atoms with Crippen LogP contribution in [0.2, 0.25) is 0 Å². The molecule has 2 nitrogen and oxygen atoms in total. The van der Waals surface area contributed by atoms with Crippen molar-refractivity contribution in [3.8, 4) is 0 Å². The second-order valence-electron chi connectivity index (χ2n) is 4.30. The van der Waals surface area contributed by atoms with E-state index in [0.29, 0.717) is 23.1 Å². The van der Waals surface area contributed by atoms with Crippen LogP contribution in [0.15, 0.2) is 0 Å². The zero-order valence-electron chi connectivity index (χ0n) is 9.11. The normalized spacial score (nSPS) is 31.1. The maximum absolute atomic E-state index is 8.84. The first-order valence-electron chi connectivity index (χ1n) is 5.76. The van der Waals surface area contributed by atoms with Crippen molar-refractivity contribution >= 4 is 11.8 Å². The van der Waals surface area contributed by atoms with Crippen molar-refractivity contribution in [3.05, 3.63) is 0 Å². The second kappa shape index (κ2) is 6.70. The minimum absolute atomic E-state index is 0.302. The first kappa shape index (κ1) is 12.3. The van der Waals surface area contributed by atoms with Gasteiger partial charge in [0.25, 0.3) is 0 Å². The molecule has 3 N–H and O–H groups in total. The molecule has 0 spiro atoms. The molecule has 3 unspecified atom stereocenters. The standard InChI is InChI=1S/C11H23NOS/c1-9(7-8-13)14-11-6-4-2-3-5-10(11)12/h9-11,13H,2-8,12H2,1H3. The number of thioether (sulfide) groups is 1. The van der Waals surface area contributed by atoms with Gasteiger partial charge in [0.2, 0.25) is 0 Å². The van der Waals surface area contributed by atoms with Gasteiger partial charge in [0.1, 0.15) is 0 Å². The summed E-state index contributed by atoms with van der Waals surface area (Å²) in [6.45, 7) is 2.49. The molecular weight excluding hydrogens is 194 g/mol. The van der Waals surface area contributed by atoms with Crippen molar-refractivity contribution < 1.29 is 5.11 Å². The number of aliphatic hydroxyl groups excluding tert-OH is 1. The van der Waals surface area contributed by atoms with E-state index in [-0.39, 0.29) is 0 Å². The van der Waals surface area contributed by atoms with E-state index in [9.17, 15) is 0 Å². The lowest BCUT2D eigenvalue weighted by Crippen LogP contribution is -2.32. The van der Waals surface area contributed by atoms with E-state index in [1.165, 1.54) is 32.1 Å². The molecule has 0 heterocycles. The van der Waals surface area contributed by atoms with Gasteiger partial charge in [-0.05, 0) is 19.3 Å². The summed E-state index contributed by atoms with van der Waals surface area (Å²) in [5.41, 5.74) is 6.14. The molecule has 0 aromatic carbocycles. The largest absolute Gasteiger partial charge is 0.396 e. The van der Waals surface area contributed by atoms with Crippen LogP contribution in [-0.4, -0.2) is 28.3 Å². The Kier molecular flexibility index (Phi) is 5.90. The molecule has 0 aromatic heterocycles. The highest BCUT2D eigenvalue weighted by molar-refractivity contribution is 8.00. The molecule has 1 fully saturated rings. The van der Waals surface area contributed by atoms with Crippen LogP contribution < -0.4 is 5.73 Å². The Morgan fingerprint density at radius 3 is 2.79 bits per heavy atom. The van der Waals surface area contributed by atoms with E-state index in [4.69, 9.17) is 10.8 Å². The Bertz CT molecular complexity index is 154. The average Bonchev–Trinajstić information content (AvgIpc) is 2.33. The van der Waals surface area contributed by atoms with Gasteiger partial charge in [-0.2, -0.15) is 11.8 Å². The third kappa shape index (κ3) is 4.20. The summed E-state index contributed by atoms with van der Waals surface area (Å²) in [5, 5.41) is 10.0. The molecule has 3 atom stereocenters. The molecule has 1 rings (SSSR count). The Morgan fingerprint density at radius 1 is 1.36 bits per heavy atom. The van der Waals surface area contributed by atoms with E-state index >= 15 is 0 Å². The van der Waals surface area contributed by atoms with E-state index in [1.54, 1.807) is 0 Å². The second-order valence-corrected chi connectivity index (χ2v) is 5.98. The Labute approximate surface area is 91.6 Å². The average molecular weight is 217 g/mol. The van der Waals surface area contributed by atoms with E-state index < -0.39 is 0 Å². The van der Waals surface area contributed by atoms with Gasteiger partial charge in [-0.15, -0.1) is 0 Å². The van der Waals surface area contributed by atoms with Gasteiger partial charge in [-0.1, -0.05) is 26.2 Å². The summed E-state index contributed by atoms with van der Waals surface area (Å²) in [6.07, 6.45) is 7.32. The van der Waals surface area contributed by atoms with Crippen LogP contribution in [0.3, 0.4) is 0 Å². The van der Waals surface area contributed by atoms with Gasteiger partial charge in [0.05, 0.1) is 0 Å². The third-order valence-electron chi connectivity index (χ3n) is 2.95. The summed E-state index contributed by atoms with van der Waals surface area (Å²) in [7, 11) is 0. The fourth-order valence-electron chi connectivity index (χ4n) is 2.02. The molecular formula is C11H23NOS. The molecule has 1 saturated carbocycles. The van der Waals surface area contributed by atoms with Crippen molar-refractivity contribution in [1.82, 2.24) is 0 Å². The number of hydrogen-bond donors (Lipinski definition) is 2. The number of nitrogens with two attached hydrogens (primary N) is 1. The van der Waals surface area contributed by atoms with Crippen molar-refractivity contribution in [1.29, 1.82) is 0 Å². The molecule has 0 radical (unpaired) electrons. The van der Waals surface area contributed by atoms with Gasteiger partial charge in [0.15, 0.2) is 0 Å². The van der Waals surface area contributed by atoms with E-state index in [0.717, 1.165) is 6.42 Å². The minimum Gasteiger partial charge on any atom is -0.396 e. The molecule has 1 aliphatic rings. The van der Waals surface area contributed by atoms with Crippen LogP contribution in [0.4, 0.5) is 0 Å². The quantitative estimate of drug-likeness (QED) is 0.709. The predicted octanol–water partition coefficient (Wildman–Crippen LogP) is 2.15. The molecule has 3 heteroatoms. The number of aliphatic hydroxyl groups is 1. The molecule has 0 bridgehead atoms. The lowest BCUT2D eigenvalue weighted by Gasteiger charge is -2.23. The Morgan fingerprint density at radius 2 is 2.07 bits per heavy atom. The summed E-state index contributed by atoms with van der Waals surface area (Å²) >= 11 is 1.98. The van der Waals surface area contributed by atoms with Crippen molar-refractivity contribution in [2.45, 2.75) is 62.0 Å². The molecule has 84 valence electrons. The van der Waals surface area contributed by atoms with E-state index in [1.807, 2.05) is 11.8 Å². The van der Waals surface area contributed by atoms with Gasteiger partial charge < -0.3 is 10.8 Å². The number of hydrogen-bond acceptors (Lipinski definition) is 3. The first-order chi connectivity index (χ1) is 6.74. The first-order valence-corrected chi connectivity index (χ1v) is 6.70. The van der Waals surface area contributed by atoms with Crippen LogP contribution in [0, 0.1) is 0 Å². The maximum atomic E-state index is 8.84. The van der Waals surface area contributed by atoms with Gasteiger partial charge in [-0.25, -0.2) is 0 Å². The van der Waals surface area contributed by atoms with Crippen LogP contribution in [-0.2, 0) is 0 Å². The van der Waals surface area contributed by atoms with Crippen LogP contribution >= 0.6 is 11.8 Å². The summed E-state index contributed by atoms with van der Waals surface area (Å²) in [6, 6.07) is 0.378. The van der Waals surface area contributed by atoms with Gasteiger partial charge in [-0.3, -0.25) is 0 Å². The Balaban J connectivity index is 2.32.